The number of nitro benzene ring substituents is 1. The number of para-hydroxylation sites is 1. The first-order valence-corrected chi connectivity index (χ1v) is 11.7. The van der Waals surface area contributed by atoms with Crippen LogP contribution in [0, 0.1) is 10.1 Å². The van der Waals surface area contributed by atoms with Crippen molar-refractivity contribution in [3.63, 3.8) is 0 Å². The number of benzene rings is 2. The Morgan fingerprint density at radius 3 is 2.47 bits per heavy atom. The van der Waals surface area contributed by atoms with E-state index in [1.165, 1.54) is 17.8 Å². The molecular weight excluding hydrogens is 432 g/mol. The van der Waals surface area contributed by atoms with E-state index in [1.807, 2.05) is 13.0 Å². The van der Waals surface area contributed by atoms with E-state index < -0.39 is 4.92 Å². The van der Waals surface area contributed by atoms with Crippen LogP contribution in [0.25, 0.3) is 5.69 Å². The lowest BCUT2D eigenvalue weighted by atomic mass is 10.2. The van der Waals surface area contributed by atoms with Gasteiger partial charge in [-0.2, -0.15) is 5.10 Å². The molecular formula is C25H30N6O3. The van der Waals surface area contributed by atoms with Crippen LogP contribution in [-0.2, 0) is 6.42 Å². The number of aryl methyl sites for hydroxylation is 1. The number of anilines is 1. The van der Waals surface area contributed by atoms with Crippen LogP contribution in [0.2, 0.25) is 0 Å². The number of rotatable bonds is 9. The first-order chi connectivity index (χ1) is 16.5. The molecule has 9 nitrogen and oxygen atoms in total. The third kappa shape index (κ3) is 5.60. The van der Waals surface area contributed by atoms with Gasteiger partial charge in [0.05, 0.1) is 10.6 Å². The quantitative estimate of drug-likeness (QED) is 0.387. The maximum absolute atomic E-state index is 12.8. The van der Waals surface area contributed by atoms with E-state index in [9.17, 15) is 14.9 Å². The van der Waals surface area contributed by atoms with E-state index in [-0.39, 0.29) is 11.6 Å². The number of carbonyl (C=O) groups is 1. The van der Waals surface area contributed by atoms with Gasteiger partial charge in [-0.1, -0.05) is 37.6 Å². The van der Waals surface area contributed by atoms with Gasteiger partial charge in [-0.05, 0) is 30.7 Å². The predicted octanol–water partition coefficient (Wildman–Crippen LogP) is 3.29. The molecule has 9 heteroatoms. The highest BCUT2D eigenvalue weighted by Gasteiger charge is 2.19. The monoisotopic (exact) mass is 462 g/mol. The molecule has 0 aliphatic carbocycles. The van der Waals surface area contributed by atoms with Crippen molar-refractivity contribution in [2.45, 2.75) is 19.8 Å². The highest BCUT2D eigenvalue weighted by molar-refractivity contribution is 5.92. The van der Waals surface area contributed by atoms with E-state index >= 15 is 0 Å². The predicted molar refractivity (Wildman–Crippen MR) is 132 cm³/mol. The molecule has 178 valence electrons. The highest BCUT2D eigenvalue weighted by atomic mass is 16.6. The van der Waals surface area contributed by atoms with Crippen molar-refractivity contribution < 1.29 is 9.72 Å². The van der Waals surface area contributed by atoms with Gasteiger partial charge in [0.2, 0.25) is 0 Å². The molecule has 2 heterocycles. The zero-order chi connectivity index (χ0) is 23.9. The van der Waals surface area contributed by atoms with E-state index in [4.69, 9.17) is 0 Å². The largest absolute Gasteiger partial charge is 0.369 e. The fourth-order valence-electron chi connectivity index (χ4n) is 4.21. The molecule has 1 amide bonds. The summed E-state index contributed by atoms with van der Waals surface area (Å²) in [6.07, 6.45) is 1.59. The van der Waals surface area contributed by atoms with Crippen LogP contribution in [0.15, 0.2) is 60.7 Å². The van der Waals surface area contributed by atoms with Gasteiger partial charge in [0.1, 0.15) is 0 Å². The molecule has 0 atom stereocenters. The molecule has 4 rings (SSSR count). The van der Waals surface area contributed by atoms with E-state index in [2.05, 4.69) is 44.5 Å². The Morgan fingerprint density at radius 1 is 1.03 bits per heavy atom. The molecule has 0 unspecified atom stereocenters. The highest BCUT2D eigenvalue weighted by Crippen LogP contribution is 2.20. The first kappa shape index (κ1) is 23.4. The smallest absolute Gasteiger partial charge is 0.271 e. The van der Waals surface area contributed by atoms with Crippen LogP contribution in [-0.4, -0.2) is 64.8 Å². The minimum absolute atomic E-state index is 0.00573. The van der Waals surface area contributed by atoms with Gasteiger partial charge < -0.3 is 10.2 Å². The molecule has 0 bridgehead atoms. The van der Waals surface area contributed by atoms with Crippen molar-refractivity contribution in [2.24, 2.45) is 0 Å². The summed E-state index contributed by atoms with van der Waals surface area (Å²) in [6.45, 7) is 7.19. The van der Waals surface area contributed by atoms with Crippen LogP contribution in [0.3, 0.4) is 0 Å². The Kier molecular flexibility index (Phi) is 7.54. The Morgan fingerprint density at radius 2 is 1.76 bits per heavy atom. The average Bonchev–Trinajstić information content (AvgIpc) is 3.29. The summed E-state index contributed by atoms with van der Waals surface area (Å²) >= 11 is 0. The SMILES string of the molecule is CCCc1cc(C(=O)NCCN2CCN(c3ccccc3)CC2)nn1-c1cccc([N+](=O)[O-])c1. The second kappa shape index (κ2) is 10.9. The lowest BCUT2D eigenvalue weighted by Gasteiger charge is -2.36. The number of non-ortho nitro benzene ring substituents is 1. The van der Waals surface area contributed by atoms with Gasteiger partial charge in [-0.25, -0.2) is 4.68 Å². The Balaban J connectivity index is 1.33. The third-order valence-electron chi connectivity index (χ3n) is 6.01. The number of carbonyl (C=O) groups excluding carboxylic acids is 1. The second-order valence-corrected chi connectivity index (χ2v) is 8.38. The molecule has 0 saturated carbocycles. The second-order valence-electron chi connectivity index (χ2n) is 8.38. The molecule has 1 aliphatic rings. The summed E-state index contributed by atoms with van der Waals surface area (Å²) in [6, 6.07) is 18.5. The molecule has 1 aliphatic heterocycles. The molecule has 1 saturated heterocycles. The lowest BCUT2D eigenvalue weighted by Crippen LogP contribution is -2.48. The normalized spacial score (nSPS) is 14.2. The van der Waals surface area contributed by atoms with Gasteiger partial charge in [0.15, 0.2) is 5.69 Å². The minimum Gasteiger partial charge on any atom is -0.369 e. The maximum atomic E-state index is 12.8. The number of nitro groups is 1. The number of amides is 1. The number of nitrogens with zero attached hydrogens (tertiary/aromatic N) is 5. The fourth-order valence-corrected chi connectivity index (χ4v) is 4.21. The molecule has 3 aromatic rings. The van der Waals surface area contributed by atoms with Crippen LogP contribution >= 0.6 is 0 Å². The number of piperazine rings is 1. The Labute approximate surface area is 199 Å². The van der Waals surface area contributed by atoms with Gasteiger partial charge >= 0.3 is 0 Å². The molecule has 0 radical (unpaired) electrons. The molecule has 34 heavy (non-hydrogen) atoms. The van der Waals surface area contributed by atoms with Crippen molar-refractivity contribution in [1.82, 2.24) is 20.0 Å². The topological polar surface area (TPSA) is 96.5 Å². The van der Waals surface area contributed by atoms with Crippen LogP contribution in [0.4, 0.5) is 11.4 Å². The van der Waals surface area contributed by atoms with Crippen molar-refractivity contribution in [2.75, 3.05) is 44.2 Å². The van der Waals surface area contributed by atoms with Crippen LogP contribution in [0.5, 0.6) is 0 Å². The van der Waals surface area contributed by atoms with Crippen molar-refractivity contribution in [1.29, 1.82) is 0 Å². The zero-order valence-corrected chi connectivity index (χ0v) is 19.4. The number of hydrogen-bond donors (Lipinski definition) is 1. The van der Waals surface area contributed by atoms with Crippen molar-refractivity contribution >= 4 is 17.3 Å². The van der Waals surface area contributed by atoms with E-state index in [0.717, 1.165) is 44.8 Å². The molecule has 0 spiro atoms. The fraction of sp³-hybridized carbons (Fsp3) is 0.360. The average molecular weight is 463 g/mol. The van der Waals surface area contributed by atoms with Gasteiger partial charge in [-0.3, -0.25) is 19.8 Å². The summed E-state index contributed by atoms with van der Waals surface area (Å²) in [5, 5.41) is 18.6. The summed E-state index contributed by atoms with van der Waals surface area (Å²) in [4.78, 5) is 28.2. The van der Waals surface area contributed by atoms with Crippen molar-refractivity contribution in [3.05, 3.63) is 82.2 Å². The lowest BCUT2D eigenvalue weighted by molar-refractivity contribution is -0.384. The standard InChI is InChI=1S/C25H30N6O3/c1-2-7-21-19-24(27-30(21)22-10-6-11-23(18-22)31(33)34)25(32)26-12-13-28-14-16-29(17-15-28)20-8-4-3-5-9-20/h3-6,8-11,18-19H,2,7,12-17H2,1H3,(H,26,32). The van der Waals surface area contributed by atoms with Gasteiger partial charge in [0, 0.05) is 62.8 Å². The number of nitrogens with one attached hydrogen (secondary N) is 1. The summed E-state index contributed by atoms with van der Waals surface area (Å²) in [5.74, 6) is -0.232. The van der Waals surface area contributed by atoms with Crippen LogP contribution in [0.1, 0.15) is 29.5 Å². The van der Waals surface area contributed by atoms with Gasteiger partial charge in [0.25, 0.3) is 11.6 Å². The maximum Gasteiger partial charge on any atom is 0.271 e. The molecule has 1 aromatic heterocycles. The third-order valence-corrected chi connectivity index (χ3v) is 6.01. The van der Waals surface area contributed by atoms with Gasteiger partial charge in [-0.15, -0.1) is 0 Å². The van der Waals surface area contributed by atoms with E-state index in [0.29, 0.717) is 24.3 Å². The Bertz CT molecular complexity index is 1120. The summed E-state index contributed by atoms with van der Waals surface area (Å²) in [5.41, 5.74) is 2.99. The van der Waals surface area contributed by atoms with Crippen LogP contribution < -0.4 is 10.2 Å². The number of aromatic nitrogens is 2. The molecule has 1 fully saturated rings. The Hall–Kier alpha value is -3.72. The van der Waals surface area contributed by atoms with Crippen molar-refractivity contribution in [3.8, 4) is 5.69 Å². The molecule has 1 N–H and O–H groups in total. The minimum atomic E-state index is -0.431. The first-order valence-electron chi connectivity index (χ1n) is 11.7. The molecule has 2 aromatic carbocycles. The zero-order valence-electron chi connectivity index (χ0n) is 19.4. The number of hydrogen-bond acceptors (Lipinski definition) is 6. The summed E-state index contributed by atoms with van der Waals surface area (Å²) in [7, 11) is 0. The van der Waals surface area contributed by atoms with E-state index in [1.54, 1.807) is 22.9 Å². The summed E-state index contributed by atoms with van der Waals surface area (Å²) < 4.78 is 1.63.